The van der Waals surface area contributed by atoms with Gasteiger partial charge in [0.1, 0.15) is 0 Å². The highest BCUT2D eigenvalue weighted by Gasteiger charge is 2.19. The minimum atomic E-state index is 0.525. The normalized spacial score (nSPS) is 20.6. The Bertz CT molecular complexity index is 337. The topological polar surface area (TPSA) is 42.2 Å². The SMILES string of the molecule is CN(Cc1ccnc(CN)c1)C1CCSC1. The maximum Gasteiger partial charge on any atom is 0.0542 e. The van der Waals surface area contributed by atoms with E-state index in [1.807, 2.05) is 6.20 Å². The molecule has 0 aromatic carbocycles. The van der Waals surface area contributed by atoms with Gasteiger partial charge in [-0.05, 0) is 36.9 Å². The highest BCUT2D eigenvalue weighted by molar-refractivity contribution is 7.99. The van der Waals surface area contributed by atoms with E-state index in [1.54, 1.807) is 0 Å². The zero-order chi connectivity index (χ0) is 11.4. The lowest BCUT2D eigenvalue weighted by Crippen LogP contribution is -2.30. The third-order valence-corrected chi connectivity index (χ3v) is 4.20. The van der Waals surface area contributed by atoms with Crippen LogP contribution in [0.4, 0.5) is 0 Å². The maximum absolute atomic E-state index is 5.59. The zero-order valence-corrected chi connectivity index (χ0v) is 10.5. The van der Waals surface area contributed by atoms with Gasteiger partial charge in [0.2, 0.25) is 0 Å². The first-order valence-electron chi connectivity index (χ1n) is 5.71. The Hall–Kier alpha value is -0.580. The molecular weight excluding hydrogens is 218 g/mol. The van der Waals surface area contributed by atoms with Crippen LogP contribution in [-0.4, -0.2) is 34.5 Å². The molecule has 0 spiro atoms. The fraction of sp³-hybridized carbons (Fsp3) is 0.583. The smallest absolute Gasteiger partial charge is 0.0542 e. The number of rotatable bonds is 4. The number of thioether (sulfide) groups is 1. The van der Waals surface area contributed by atoms with E-state index in [-0.39, 0.29) is 0 Å². The van der Waals surface area contributed by atoms with Gasteiger partial charge in [0.25, 0.3) is 0 Å². The highest BCUT2D eigenvalue weighted by atomic mass is 32.2. The molecule has 3 nitrogen and oxygen atoms in total. The molecule has 88 valence electrons. The lowest BCUT2D eigenvalue weighted by molar-refractivity contribution is 0.254. The van der Waals surface area contributed by atoms with Crippen molar-refractivity contribution in [2.75, 3.05) is 18.6 Å². The summed E-state index contributed by atoms with van der Waals surface area (Å²) in [4.78, 5) is 6.66. The molecule has 1 aliphatic rings. The number of nitrogens with zero attached hydrogens (tertiary/aromatic N) is 2. The van der Waals surface area contributed by atoms with Crippen LogP contribution in [0.15, 0.2) is 18.3 Å². The van der Waals surface area contributed by atoms with Crippen LogP contribution in [0.1, 0.15) is 17.7 Å². The number of pyridine rings is 1. The Kier molecular flexibility index (Phi) is 4.21. The second kappa shape index (κ2) is 5.66. The Morgan fingerprint density at radius 2 is 2.50 bits per heavy atom. The van der Waals surface area contributed by atoms with Crippen molar-refractivity contribution in [1.82, 2.24) is 9.88 Å². The average molecular weight is 237 g/mol. The van der Waals surface area contributed by atoms with E-state index < -0.39 is 0 Å². The standard InChI is InChI=1S/C12H19N3S/c1-15(12-3-5-16-9-12)8-10-2-4-14-11(6-10)7-13/h2,4,6,12H,3,5,7-9,13H2,1H3. The fourth-order valence-corrected chi connectivity index (χ4v) is 3.32. The van der Waals surface area contributed by atoms with Crippen molar-refractivity contribution in [3.63, 3.8) is 0 Å². The molecule has 1 saturated heterocycles. The molecule has 16 heavy (non-hydrogen) atoms. The third-order valence-electron chi connectivity index (χ3n) is 3.05. The third kappa shape index (κ3) is 2.97. The lowest BCUT2D eigenvalue weighted by Gasteiger charge is -2.23. The van der Waals surface area contributed by atoms with E-state index in [1.165, 1.54) is 23.5 Å². The van der Waals surface area contributed by atoms with Crippen molar-refractivity contribution >= 4 is 11.8 Å². The van der Waals surface area contributed by atoms with Crippen LogP contribution < -0.4 is 5.73 Å². The maximum atomic E-state index is 5.59. The molecule has 2 N–H and O–H groups in total. The molecule has 1 fully saturated rings. The van der Waals surface area contributed by atoms with Crippen molar-refractivity contribution in [3.8, 4) is 0 Å². The van der Waals surface area contributed by atoms with E-state index in [2.05, 4.69) is 40.8 Å². The van der Waals surface area contributed by atoms with Gasteiger partial charge in [-0.3, -0.25) is 9.88 Å². The van der Waals surface area contributed by atoms with Gasteiger partial charge in [-0.1, -0.05) is 0 Å². The van der Waals surface area contributed by atoms with Crippen LogP contribution in [0, 0.1) is 0 Å². The summed E-state index contributed by atoms with van der Waals surface area (Å²) < 4.78 is 0. The van der Waals surface area contributed by atoms with Gasteiger partial charge in [-0.15, -0.1) is 0 Å². The first-order chi connectivity index (χ1) is 7.79. The van der Waals surface area contributed by atoms with E-state index in [4.69, 9.17) is 5.73 Å². The lowest BCUT2D eigenvalue weighted by atomic mass is 10.1. The molecule has 1 aromatic rings. The van der Waals surface area contributed by atoms with E-state index in [0.29, 0.717) is 6.54 Å². The minimum Gasteiger partial charge on any atom is -0.325 e. The Balaban J connectivity index is 1.96. The number of hydrogen-bond acceptors (Lipinski definition) is 4. The molecule has 1 aliphatic heterocycles. The molecule has 0 radical (unpaired) electrons. The summed E-state index contributed by atoms with van der Waals surface area (Å²) in [5.74, 6) is 2.57. The summed E-state index contributed by atoms with van der Waals surface area (Å²) in [6.07, 6.45) is 3.17. The molecule has 2 heterocycles. The van der Waals surface area contributed by atoms with Crippen LogP contribution >= 0.6 is 11.8 Å². The average Bonchev–Trinajstić information content (AvgIpc) is 2.83. The number of nitrogens with two attached hydrogens (primary N) is 1. The first kappa shape index (κ1) is 11.9. The van der Waals surface area contributed by atoms with E-state index >= 15 is 0 Å². The predicted octanol–water partition coefficient (Wildman–Crippen LogP) is 1.48. The fourth-order valence-electron chi connectivity index (χ4n) is 2.02. The Morgan fingerprint density at radius 3 is 3.19 bits per heavy atom. The molecular formula is C12H19N3S. The van der Waals surface area contributed by atoms with Crippen molar-refractivity contribution in [2.45, 2.75) is 25.6 Å². The quantitative estimate of drug-likeness (QED) is 0.861. The van der Waals surface area contributed by atoms with Gasteiger partial charge in [0.05, 0.1) is 5.69 Å². The van der Waals surface area contributed by atoms with Crippen molar-refractivity contribution in [3.05, 3.63) is 29.6 Å². The summed E-state index contributed by atoms with van der Waals surface area (Å²) >= 11 is 2.05. The summed E-state index contributed by atoms with van der Waals surface area (Å²) in [5, 5.41) is 0. The zero-order valence-electron chi connectivity index (χ0n) is 9.72. The second-order valence-corrected chi connectivity index (χ2v) is 5.44. The Labute approximate surface area is 101 Å². The van der Waals surface area contributed by atoms with Crippen LogP contribution in [0.2, 0.25) is 0 Å². The summed E-state index contributed by atoms with van der Waals surface area (Å²) in [6, 6.07) is 4.93. The van der Waals surface area contributed by atoms with E-state index in [9.17, 15) is 0 Å². The van der Waals surface area contributed by atoms with Crippen LogP contribution in [0.3, 0.4) is 0 Å². The molecule has 1 atom stereocenters. The van der Waals surface area contributed by atoms with Crippen LogP contribution in [0.5, 0.6) is 0 Å². The first-order valence-corrected chi connectivity index (χ1v) is 6.87. The van der Waals surface area contributed by atoms with Gasteiger partial charge >= 0.3 is 0 Å². The summed E-state index contributed by atoms with van der Waals surface area (Å²) in [6.45, 7) is 1.53. The molecule has 0 bridgehead atoms. The van der Waals surface area contributed by atoms with Crippen molar-refractivity contribution in [1.29, 1.82) is 0 Å². The highest BCUT2D eigenvalue weighted by Crippen LogP contribution is 2.22. The summed E-state index contributed by atoms with van der Waals surface area (Å²) in [7, 11) is 2.21. The molecule has 0 saturated carbocycles. The Morgan fingerprint density at radius 1 is 1.62 bits per heavy atom. The molecule has 0 amide bonds. The van der Waals surface area contributed by atoms with Crippen LogP contribution in [-0.2, 0) is 13.1 Å². The molecule has 1 unspecified atom stereocenters. The predicted molar refractivity (Wildman–Crippen MR) is 69.3 cm³/mol. The number of aromatic nitrogens is 1. The minimum absolute atomic E-state index is 0.525. The summed E-state index contributed by atoms with van der Waals surface area (Å²) in [5.41, 5.74) is 7.89. The van der Waals surface area contributed by atoms with Crippen LogP contribution in [0.25, 0.3) is 0 Å². The van der Waals surface area contributed by atoms with Gasteiger partial charge in [0.15, 0.2) is 0 Å². The van der Waals surface area contributed by atoms with Crippen molar-refractivity contribution < 1.29 is 0 Å². The molecule has 1 aromatic heterocycles. The largest absolute Gasteiger partial charge is 0.325 e. The van der Waals surface area contributed by atoms with Gasteiger partial charge < -0.3 is 5.73 Å². The molecule has 4 heteroatoms. The molecule has 2 rings (SSSR count). The van der Waals surface area contributed by atoms with Gasteiger partial charge in [-0.2, -0.15) is 11.8 Å². The number of hydrogen-bond donors (Lipinski definition) is 1. The van der Waals surface area contributed by atoms with Crippen molar-refractivity contribution in [2.24, 2.45) is 5.73 Å². The second-order valence-electron chi connectivity index (χ2n) is 4.29. The van der Waals surface area contributed by atoms with Gasteiger partial charge in [0, 0.05) is 31.1 Å². The monoisotopic (exact) mass is 237 g/mol. The van der Waals surface area contributed by atoms with Gasteiger partial charge in [-0.25, -0.2) is 0 Å². The molecule has 0 aliphatic carbocycles. The van der Waals surface area contributed by atoms with E-state index in [0.717, 1.165) is 18.3 Å².